The molecule has 0 aliphatic carbocycles. The molecule has 3 aromatic rings. The molecule has 33 heavy (non-hydrogen) atoms. The van der Waals surface area contributed by atoms with Crippen molar-refractivity contribution >= 4 is 17.5 Å². The fraction of sp³-hybridized carbons (Fsp3) is 0.346. The maximum atomic E-state index is 13.3. The predicted octanol–water partition coefficient (Wildman–Crippen LogP) is 4.00. The first-order valence-electron chi connectivity index (χ1n) is 11.6. The summed E-state index contributed by atoms with van der Waals surface area (Å²) in [5.41, 5.74) is 3.63. The maximum Gasteiger partial charge on any atom is 0.276 e. The number of rotatable bonds is 4. The van der Waals surface area contributed by atoms with Crippen LogP contribution >= 0.6 is 0 Å². The molecule has 7 nitrogen and oxygen atoms in total. The fourth-order valence-electron chi connectivity index (χ4n) is 4.58. The van der Waals surface area contributed by atoms with Crippen molar-refractivity contribution in [3.63, 3.8) is 0 Å². The Morgan fingerprint density at radius 2 is 1.73 bits per heavy atom. The number of benzene rings is 2. The Morgan fingerprint density at radius 1 is 0.909 bits per heavy atom. The van der Waals surface area contributed by atoms with Crippen LogP contribution in [0.15, 0.2) is 54.6 Å². The zero-order chi connectivity index (χ0) is 22.6. The number of anilines is 1. The average molecular weight is 445 g/mol. The number of fused-ring (bicyclic) bond motifs is 1. The molecule has 5 rings (SSSR count). The van der Waals surface area contributed by atoms with Gasteiger partial charge in [0.15, 0.2) is 0 Å². The summed E-state index contributed by atoms with van der Waals surface area (Å²) in [6.45, 7) is 3.13. The van der Waals surface area contributed by atoms with Gasteiger partial charge in [-0.15, -0.1) is 0 Å². The van der Waals surface area contributed by atoms with Gasteiger partial charge in [-0.1, -0.05) is 42.8 Å². The van der Waals surface area contributed by atoms with Crippen molar-refractivity contribution in [2.45, 2.75) is 32.2 Å². The van der Waals surface area contributed by atoms with E-state index in [2.05, 4.69) is 9.88 Å². The molecular formula is C26H28N4O3. The number of morpholine rings is 1. The van der Waals surface area contributed by atoms with Crippen LogP contribution in [0.3, 0.4) is 0 Å². The summed E-state index contributed by atoms with van der Waals surface area (Å²) in [7, 11) is 0. The van der Waals surface area contributed by atoms with Crippen molar-refractivity contribution in [2.75, 3.05) is 31.6 Å². The monoisotopic (exact) mass is 444 g/mol. The molecule has 0 saturated carbocycles. The predicted molar refractivity (Wildman–Crippen MR) is 126 cm³/mol. The topological polar surface area (TPSA) is 76.5 Å². The van der Waals surface area contributed by atoms with Crippen LogP contribution in [0.1, 0.15) is 45.8 Å². The summed E-state index contributed by atoms with van der Waals surface area (Å²) in [6.07, 6.45) is 4.10. The fourth-order valence-corrected chi connectivity index (χ4v) is 4.58. The normalized spacial score (nSPS) is 16.1. The van der Waals surface area contributed by atoms with E-state index in [9.17, 15) is 9.59 Å². The molecule has 0 unspecified atom stereocenters. The molecule has 0 bridgehead atoms. The Hall–Kier alpha value is -3.45. The second-order valence-corrected chi connectivity index (χ2v) is 8.50. The Labute approximate surface area is 193 Å². The first kappa shape index (κ1) is 21.4. The van der Waals surface area contributed by atoms with E-state index >= 15 is 0 Å². The van der Waals surface area contributed by atoms with Gasteiger partial charge >= 0.3 is 0 Å². The molecule has 2 amide bonds. The third kappa shape index (κ3) is 4.54. The highest BCUT2D eigenvalue weighted by Gasteiger charge is 2.25. The minimum atomic E-state index is -0.237. The maximum absolute atomic E-state index is 13.3. The van der Waals surface area contributed by atoms with Crippen LogP contribution in [0.25, 0.3) is 11.4 Å². The van der Waals surface area contributed by atoms with Crippen LogP contribution in [0.4, 0.5) is 5.69 Å². The molecule has 0 spiro atoms. The first-order chi connectivity index (χ1) is 16.2. The second-order valence-electron chi connectivity index (χ2n) is 8.50. The molecule has 170 valence electrons. The van der Waals surface area contributed by atoms with E-state index in [1.54, 1.807) is 29.2 Å². The first-order valence-corrected chi connectivity index (χ1v) is 11.6. The number of hydrogen-bond donors (Lipinski definition) is 1. The average Bonchev–Trinajstić information content (AvgIpc) is 3.06. The lowest BCUT2D eigenvalue weighted by Crippen LogP contribution is -2.40. The van der Waals surface area contributed by atoms with Gasteiger partial charge in [0.2, 0.25) is 0 Å². The highest BCUT2D eigenvalue weighted by atomic mass is 16.5. The summed E-state index contributed by atoms with van der Waals surface area (Å²) < 4.78 is 7.54. The number of ether oxygens (including phenoxy) is 1. The van der Waals surface area contributed by atoms with E-state index in [0.29, 0.717) is 43.2 Å². The Morgan fingerprint density at radius 3 is 2.55 bits per heavy atom. The van der Waals surface area contributed by atoms with Crippen LogP contribution < -0.4 is 5.32 Å². The number of imidazole rings is 1. The number of nitrogens with zero attached hydrogens (tertiary/aromatic N) is 3. The molecule has 1 saturated heterocycles. The Bertz CT molecular complexity index is 1150. The van der Waals surface area contributed by atoms with Gasteiger partial charge in [-0.2, -0.15) is 0 Å². The summed E-state index contributed by atoms with van der Waals surface area (Å²) >= 11 is 0. The molecule has 2 aromatic carbocycles. The molecule has 2 aliphatic rings. The molecule has 1 aromatic heterocycles. The van der Waals surface area contributed by atoms with Crippen LogP contribution in [-0.4, -0.2) is 52.6 Å². The van der Waals surface area contributed by atoms with Crippen LogP contribution in [0, 0.1) is 0 Å². The van der Waals surface area contributed by atoms with Gasteiger partial charge in [0.1, 0.15) is 11.5 Å². The standard InChI is InChI=1S/C26H28N4O3/c31-25(27-21-11-7-10-20(18-21)26(32)29-14-16-33-17-15-29)23-22-12-5-2-6-13-30(22)24(28-23)19-8-3-1-4-9-19/h1,3-4,7-11,18H,2,5-6,12-17H2,(H,27,31). The van der Waals surface area contributed by atoms with Gasteiger partial charge in [0.05, 0.1) is 18.9 Å². The number of aromatic nitrogens is 2. The highest BCUT2D eigenvalue weighted by molar-refractivity contribution is 6.05. The minimum absolute atomic E-state index is 0.0448. The van der Waals surface area contributed by atoms with Crippen LogP contribution in [-0.2, 0) is 17.7 Å². The van der Waals surface area contributed by atoms with Crippen molar-refractivity contribution in [3.8, 4) is 11.4 Å². The lowest BCUT2D eigenvalue weighted by Gasteiger charge is -2.27. The molecule has 2 aliphatic heterocycles. The third-order valence-electron chi connectivity index (χ3n) is 6.28. The largest absolute Gasteiger partial charge is 0.378 e. The van der Waals surface area contributed by atoms with Crippen LogP contribution in [0.2, 0.25) is 0 Å². The number of carbonyl (C=O) groups excluding carboxylic acids is 2. The summed E-state index contributed by atoms with van der Waals surface area (Å²) in [6, 6.07) is 17.1. The van der Waals surface area contributed by atoms with E-state index in [1.807, 2.05) is 30.3 Å². The number of carbonyl (C=O) groups is 2. The number of nitrogens with one attached hydrogen (secondary N) is 1. The molecule has 0 radical (unpaired) electrons. The molecule has 0 atom stereocenters. The number of amides is 2. The lowest BCUT2D eigenvalue weighted by atomic mass is 10.1. The quantitative estimate of drug-likeness (QED) is 0.660. The van der Waals surface area contributed by atoms with Crippen molar-refractivity contribution in [3.05, 3.63) is 71.5 Å². The summed E-state index contributed by atoms with van der Waals surface area (Å²) in [4.78, 5) is 32.7. The van der Waals surface area contributed by atoms with E-state index in [0.717, 1.165) is 49.3 Å². The van der Waals surface area contributed by atoms with Gasteiger partial charge in [-0.3, -0.25) is 9.59 Å². The van der Waals surface area contributed by atoms with E-state index in [4.69, 9.17) is 9.72 Å². The van der Waals surface area contributed by atoms with E-state index in [-0.39, 0.29) is 11.8 Å². The van der Waals surface area contributed by atoms with E-state index < -0.39 is 0 Å². The Kier molecular flexibility index (Phi) is 6.21. The zero-order valence-electron chi connectivity index (χ0n) is 18.6. The highest BCUT2D eigenvalue weighted by Crippen LogP contribution is 2.28. The summed E-state index contributed by atoms with van der Waals surface area (Å²) in [5, 5.41) is 2.98. The van der Waals surface area contributed by atoms with Gasteiger partial charge in [-0.05, 0) is 37.5 Å². The van der Waals surface area contributed by atoms with Gasteiger partial charge in [0.25, 0.3) is 11.8 Å². The van der Waals surface area contributed by atoms with Crippen molar-refractivity contribution < 1.29 is 14.3 Å². The van der Waals surface area contributed by atoms with Crippen molar-refractivity contribution in [1.82, 2.24) is 14.5 Å². The zero-order valence-corrected chi connectivity index (χ0v) is 18.6. The molecule has 7 heteroatoms. The van der Waals surface area contributed by atoms with Crippen molar-refractivity contribution in [1.29, 1.82) is 0 Å². The van der Waals surface area contributed by atoms with E-state index in [1.165, 1.54) is 0 Å². The second kappa shape index (κ2) is 9.58. The van der Waals surface area contributed by atoms with Crippen LogP contribution in [0.5, 0.6) is 0 Å². The smallest absolute Gasteiger partial charge is 0.276 e. The molecule has 1 fully saturated rings. The minimum Gasteiger partial charge on any atom is -0.378 e. The Balaban J connectivity index is 1.41. The van der Waals surface area contributed by atoms with Gasteiger partial charge in [0, 0.05) is 36.4 Å². The third-order valence-corrected chi connectivity index (χ3v) is 6.28. The van der Waals surface area contributed by atoms with Gasteiger partial charge in [-0.25, -0.2) is 4.98 Å². The SMILES string of the molecule is O=C(Nc1cccc(C(=O)N2CCOCC2)c1)c1nc(-c2ccccc2)n2c1CCCCC2. The molecular weight excluding hydrogens is 416 g/mol. The molecule has 3 heterocycles. The lowest BCUT2D eigenvalue weighted by molar-refractivity contribution is 0.0303. The summed E-state index contributed by atoms with van der Waals surface area (Å²) in [5.74, 6) is 0.560. The molecule has 1 N–H and O–H groups in total. The van der Waals surface area contributed by atoms with Crippen molar-refractivity contribution in [2.24, 2.45) is 0 Å². The number of hydrogen-bond acceptors (Lipinski definition) is 4. The van der Waals surface area contributed by atoms with Gasteiger partial charge < -0.3 is 19.5 Å².